The Bertz CT molecular complexity index is 1200. The van der Waals surface area contributed by atoms with Crippen molar-refractivity contribution in [2.75, 3.05) is 37.5 Å². The summed E-state index contributed by atoms with van der Waals surface area (Å²) in [4.78, 5) is 7.10. The molecule has 0 saturated carbocycles. The zero-order chi connectivity index (χ0) is 22.5. The molecule has 1 aliphatic rings. The smallest absolute Gasteiger partial charge is 0.159 e. The second kappa shape index (κ2) is 11.0. The molecule has 3 aromatic rings. The number of anilines is 2. The predicted molar refractivity (Wildman–Crippen MR) is 133 cm³/mol. The average Bonchev–Trinajstić information content (AvgIpc) is 2.83. The third-order valence-electron chi connectivity index (χ3n) is 5.43. The van der Waals surface area contributed by atoms with Crippen LogP contribution in [0.3, 0.4) is 0 Å². The highest BCUT2D eigenvalue weighted by molar-refractivity contribution is 6.32. The molecule has 0 unspecified atom stereocenters. The molecule has 2 heterocycles. The van der Waals surface area contributed by atoms with E-state index in [2.05, 4.69) is 31.6 Å². The van der Waals surface area contributed by atoms with Crippen LogP contribution in [0.25, 0.3) is 10.8 Å². The SMILES string of the molecule is CON=C1CCN(c2nnc(NCc3ccc(OC)c(Cl)c3)c3cc(C#N)ccc23)CC1.Cl. The molecule has 0 aliphatic carbocycles. The van der Waals surface area contributed by atoms with Gasteiger partial charge in [-0.25, -0.2) is 0 Å². The van der Waals surface area contributed by atoms with Crippen molar-refractivity contribution in [1.29, 1.82) is 5.26 Å². The van der Waals surface area contributed by atoms with Crippen molar-refractivity contribution in [3.05, 3.63) is 52.5 Å². The van der Waals surface area contributed by atoms with Crippen LogP contribution < -0.4 is 15.0 Å². The molecule has 10 heteroatoms. The quantitative estimate of drug-likeness (QED) is 0.499. The van der Waals surface area contributed by atoms with E-state index in [0.29, 0.717) is 28.7 Å². The van der Waals surface area contributed by atoms with Crippen LogP contribution in [0.2, 0.25) is 5.02 Å². The maximum atomic E-state index is 9.41. The first-order valence-electron chi connectivity index (χ1n) is 10.2. The number of hydrogen-bond donors (Lipinski definition) is 1. The van der Waals surface area contributed by atoms with Crippen molar-refractivity contribution < 1.29 is 9.57 Å². The topological polar surface area (TPSA) is 95.7 Å². The van der Waals surface area contributed by atoms with Gasteiger partial charge in [0.15, 0.2) is 11.6 Å². The van der Waals surface area contributed by atoms with E-state index < -0.39 is 0 Å². The van der Waals surface area contributed by atoms with Crippen molar-refractivity contribution in [3.8, 4) is 11.8 Å². The number of piperidine rings is 1. The second-order valence-corrected chi connectivity index (χ2v) is 7.80. The van der Waals surface area contributed by atoms with Gasteiger partial charge in [0, 0.05) is 43.2 Å². The summed E-state index contributed by atoms with van der Waals surface area (Å²) >= 11 is 6.24. The molecule has 4 rings (SSSR count). The van der Waals surface area contributed by atoms with Crippen molar-refractivity contribution >= 4 is 52.1 Å². The monoisotopic (exact) mass is 486 g/mol. The Labute approximate surface area is 203 Å². The summed E-state index contributed by atoms with van der Waals surface area (Å²) in [6.45, 7) is 2.07. The zero-order valence-corrected chi connectivity index (χ0v) is 19.9. The fourth-order valence-corrected chi connectivity index (χ4v) is 4.06. The van der Waals surface area contributed by atoms with Crippen LogP contribution >= 0.6 is 24.0 Å². The van der Waals surface area contributed by atoms with E-state index in [0.717, 1.165) is 53.8 Å². The standard InChI is InChI=1S/C23H23ClN6O2.ClH/c1-31-21-6-4-16(12-20(21)24)14-26-22-19-11-15(13-25)3-5-18(19)23(28-27-22)30-9-7-17(8-10-30)29-32-2;/h3-6,11-12H,7-10,14H2,1-2H3,(H,26,27);1H. The third kappa shape index (κ3) is 5.38. The second-order valence-electron chi connectivity index (χ2n) is 7.39. The number of hydrogen-bond acceptors (Lipinski definition) is 8. The fourth-order valence-electron chi connectivity index (χ4n) is 3.78. The summed E-state index contributed by atoms with van der Waals surface area (Å²) in [7, 11) is 3.15. The lowest BCUT2D eigenvalue weighted by Crippen LogP contribution is -2.34. The number of halogens is 2. The maximum absolute atomic E-state index is 9.41. The number of nitrogens with one attached hydrogen (secondary N) is 1. The van der Waals surface area contributed by atoms with Crippen LogP contribution in [-0.4, -0.2) is 43.2 Å². The lowest BCUT2D eigenvalue weighted by molar-refractivity contribution is 0.211. The van der Waals surface area contributed by atoms with Gasteiger partial charge in [0.25, 0.3) is 0 Å². The van der Waals surface area contributed by atoms with E-state index in [9.17, 15) is 5.26 Å². The third-order valence-corrected chi connectivity index (χ3v) is 5.72. The Morgan fingerprint density at radius 3 is 2.58 bits per heavy atom. The summed E-state index contributed by atoms with van der Waals surface area (Å²) in [5.74, 6) is 2.05. The molecule has 1 N–H and O–H groups in total. The van der Waals surface area contributed by atoms with E-state index in [-0.39, 0.29) is 12.4 Å². The predicted octanol–water partition coefficient (Wildman–Crippen LogP) is 4.80. The molecule has 8 nitrogen and oxygen atoms in total. The van der Waals surface area contributed by atoms with Crippen LogP contribution in [0.4, 0.5) is 11.6 Å². The number of fused-ring (bicyclic) bond motifs is 1. The molecular weight excluding hydrogens is 463 g/mol. The Balaban J connectivity index is 0.00000306. The highest BCUT2D eigenvalue weighted by Gasteiger charge is 2.21. The van der Waals surface area contributed by atoms with E-state index >= 15 is 0 Å². The summed E-state index contributed by atoms with van der Waals surface area (Å²) in [5.41, 5.74) is 2.59. The minimum absolute atomic E-state index is 0. The lowest BCUT2D eigenvalue weighted by atomic mass is 10.1. The molecule has 0 spiro atoms. The molecule has 1 saturated heterocycles. The number of methoxy groups -OCH3 is 1. The number of aromatic nitrogens is 2. The van der Waals surface area contributed by atoms with Gasteiger partial charge in [-0.2, -0.15) is 5.26 Å². The Morgan fingerprint density at radius 1 is 1.12 bits per heavy atom. The van der Waals surface area contributed by atoms with Crippen LogP contribution in [0.1, 0.15) is 24.0 Å². The van der Waals surface area contributed by atoms with Gasteiger partial charge in [-0.05, 0) is 35.9 Å². The molecule has 0 radical (unpaired) electrons. The van der Waals surface area contributed by atoms with Gasteiger partial charge in [0.2, 0.25) is 0 Å². The fraction of sp³-hybridized carbons (Fsp3) is 0.304. The molecule has 1 fully saturated rings. The normalized spacial score (nSPS) is 13.2. The molecular formula is C23H24Cl2N6O2. The van der Waals surface area contributed by atoms with Gasteiger partial charge < -0.3 is 19.8 Å². The largest absolute Gasteiger partial charge is 0.495 e. The first-order valence-corrected chi connectivity index (χ1v) is 10.6. The van der Waals surface area contributed by atoms with E-state index in [4.69, 9.17) is 21.2 Å². The van der Waals surface area contributed by atoms with Crippen LogP contribution in [0, 0.1) is 11.3 Å². The van der Waals surface area contributed by atoms with Crippen molar-refractivity contribution in [2.45, 2.75) is 19.4 Å². The van der Waals surface area contributed by atoms with Crippen LogP contribution in [0.5, 0.6) is 5.75 Å². The number of ether oxygens (including phenoxy) is 1. The maximum Gasteiger partial charge on any atom is 0.159 e. The summed E-state index contributed by atoms with van der Waals surface area (Å²) < 4.78 is 5.21. The van der Waals surface area contributed by atoms with Gasteiger partial charge in [-0.3, -0.25) is 0 Å². The van der Waals surface area contributed by atoms with Crippen molar-refractivity contribution in [2.24, 2.45) is 5.16 Å². The molecule has 33 heavy (non-hydrogen) atoms. The molecule has 1 aliphatic heterocycles. The Hall–Kier alpha value is -3.28. The number of benzene rings is 2. The molecule has 172 valence electrons. The number of nitriles is 1. The minimum atomic E-state index is 0. The summed E-state index contributed by atoms with van der Waals surface area (Å²) in [6, 6.07) is 13.4. The number of nitrogens with zero attached hydrogens (tertiary/aromatic N) is 5. The van der Waals surface area contributed by atoms with Crippen LogP contribution in [-0.2, 0) is 11.4 Å². The Morgan fingerprint density at radius 2 is 1.91 bits per heavy atom. The Kier molecular flexibility index (Phi) is 8.15. The summed E-state index contributed by atoms with van der Waals surface area (Å²) in [5, 5.41) is 28.1. The molecule has 2 aromatic carbocycles. The molecule has 0 atom stereocenters. The minimum Gasteiger partial charge on any atom is -0.495 e. The van der Waals surface area contributed by atoms with Gasteiger partial charge in [0.05, 0.1) is 29.5 Å². The molecule has 0 bridgehead atoms. The van der Waals surface area contributed by atoms with Gasteiger partial charge >= 0.3 is 0 Å². The molecule has 0 amide bonds. The van der Waals surface area contributed by atoms with Crippen molar-refractivity contribution in [1.82, 2.24) is 10.2 Å². The van der Waals surface area contributed by atoms with E-state index in [1.807, 2.05) is 36.4 Å². The van der Waals surface area contributed by atoms with Gasteiger partial charge in [-0.15, -0.1) is 22.6 Å². The highest BCUT2D eigenvalue weighted by Crippen LogP contribution is 2.31. The van der Waals surface area contributed by atoms with Crippen molar-refractivity contribution in [3.63, 3.8) is 0 Å². The van der Waals surface area contributed by atoms with Crippen LogP contribution in [0.15, 0.2) is 41.6 Å². The number of rotatable bonds is 6. The lowest BCUT2D eigenvalue weighted by Gasteiger charge is -2.29. The summed E-state index contributed by atoms with van der Waals surface area (Å²) in [6.07, 6.45) is 1.62. The van der Waals surface area contributed by atoms with E-state index in [1.165, 1.54) is 0 Å². The number of oxime groups is 1. The molecule has 1 aromatic heterocycles. The highest BCUT2D eigenvalue weighted by atomic mass is 35.5. The first-order chi connectivity index (χ1) is 15.6. The zero-order valence-electron chi connectivity index (χ0n) is 18.3. The van der Waals surface area contributed by atoms with Gasteiger partial charge in [-0.1, -0.05) is 22.8 Å². The average molecular weight is 487 g/mol. The van der Waals surface area contributed by atoms with Gasteiger partial charge in [0.1, 0.15) is 12.9 Å². The first kappa shape index (κ1) is 24.4. The van der Waals surface area contributed by atoms with E-state index in [1.54, 1.807) is 14.2 Å².